The van der Waals surface area contributed by atoms with Crippen LogP contribution >= 0.6 is 0 Å². The van der Waals surface area contributed by atoms with E-state index in [1.807, 2.05) is 30.3 Å². The molecule has 1 amide bonds. The maximum atomic E-state index is 13.0. The summed E-state index contributed by atoms with van der Waals surface area (Å²) in [7, 11) is 1.35. The number of hydrogen-bond acceptors (Lipinski definition) is 5. The molecule has 0 spiro atoms. The zero-order chi connectivity index (χ0) is 19.5. The zero-order valence-corrected chi connectivity index (χ0v) is 15.4. The number of fused-ring (bicyclic) bond motifs is 1. The topological polar surface area (TPSA) is 71.5 Å². The fourth-order valence-electron chi connectivity index (χ4n) is 3.32. The number of carbonyl (C=O) groups is 2. The van der Waals surface area contributed by atoms with Crippen molar-refractivity contribution < 1.29 is 14.3 Å². The van der Waals surface area contributed by atoms with Crippen molar-refractivity contribution in [3.63, 3.8) is 0 Å². The van der Waals surface area contributed by atoms with E-state index in [0.717, 1.165) is 17.8 Å². The smallest absolute Gasteiger partial charge is 0.337 e. The van der Waals surface area contributed by atoms with Gasteiger partial charge in [0.15, 0.2) is 0 Å². The third kappa shape index (κ3) is 3.44. The summed E-state index contributed by atoms with van der Waals surface area (Å²) in [6.07, 6.45) is 2.45. The van der Waals surface area contributed by atoms with Gasteiger partial charge in [-0.2, -0.15) is 0 Å². The van der Waals surface area contributed by atoms with Crippen molar-refractivity contribution in [2.75, 3.05) is 23.9 Å². The van der Waals surface area contributed by atoms with Crippen molar-refractivity contribution in [2.45, 2.75) is 6.42 Å². The highest BCUT2D eigenvalue weighted by Crippen LogP contribution is 2.29. The Morgan fingerprint density at radius 2 is 1.86 bits per heavy atom. The van der Waals surface area contributed by atoms with Gasteiger partial charge in [0.1, 0.15) is 5.69 Å². The number of anilines is 3. The summed E-state index contributed by atoms with van der Waals surface area (Å²) in [4.78, 5) is 30.7. The van der Waals surface area contributed by atoms with E-state index in [0.29, 0.717) is 23.5 Å². The van der Waals surface area contributed by atoms with Crippen molar-refractivity contribution in [1.29, 1.82) is 0 Å². The Bertz CT molecular complexity index is 1050. The van der Waals surface area contributed by atoms with Crippen molar-refractivity contribution in [3.05, 3.63) is 83.7 Å². The van der Waals surface area contributed by atoms with E-state index < -0.39 is 5.97 Å². The van der Waals surface area contributed by atoms with E-state index in [4.69, 9.17) is 4.74 Å². The van der Waals surface area contributed by atoms with Gasteiger partial charge in [0.25, 0.3) is 5.91 Å². The quantitative estimate of drug-likeness (QED) is 0.704. The number of ether oxygens (including phenoxy) is 1. The number of rotatable bonds is 4. The first-order valence-corrected chi connectivity index (χ1v) is 8.97. The van der Waals surface area contributed by atoms with Crippen LogP contribution in [0.4, 0.5) is 17.1 Å². The van der Waals surface area contributed by atoms with Gasteiger partial charge in [0, 0.05) is 29.8 Å². The average molecular weight is 373 g/mol. The standard InChI is InChI=1S/C22H19N3O3/c1-28-22(27)16-6-4-7-17(13-16)24-18-9-11-23-19(14-18)21(26)25-12-10-15-5-2-3-8-20(15)25/h2-9,11,13-14H,10,12H2,1H3,(H,23,24). The number of nitrogens with one attached hydrogen (secondary N) is 1. The third-order valence-corrected chi connectivity index (χ3v) is 4.68. The molecular formula is C22H19N3O3. The number of nitrogens with zero attached hydrogens (tertiary/aromatic N) is 2. The number of benzene rings is 2. The SMILES string of the molecule is COC(=O)c1cccc(Nc2ccnc(C(=O)N3CCc4ccccc43)c2)c1. The molecule has 6 heteroatoms. The monoisotopic (exact) mass is 373 g/mol. The van der Waals surface area contributed by atoms with Gasteiger partial charge in [-0.25, -0.2) is 4.79 Å². The van der Waals surface area contributed by atoms with Crippen LogP contribution < -0.4 is 10.2 Å². The van der Waals surface area contributed by atoms with Crippen LogP contribution in [-0.2, 0) is 11.2 Å². The van der Waals surface area contributed by atoms with Gasteiger partial charge >= 0.3 is 5.97 Å². The number of esters is 1. The second-order valence-electron chi connectivity index (χ2n) is 6.46. The zero-order valence-electron chi connectivity index (χ0n) is 15.4. The molecule has 0 saturated carbocycles. The highest BCUT2D eigenvalue weighted by atomic mass is 16.5. The number of para-hydroxylation sites is 1. The summed E-state index contributed by atoms with van der Waals surface area (Å²) in [6.45, 7) is 0.651. The molecule has 0 radical (unpaired) electrons. The molecule has 2 aromatic carbocycles. The molecule has 28 heavy (non-hydrogen) atoms. The lowest BCUT2D eigenvalue weighted by Crippen LogP contribution is -2.29. The van der Waals surface area contributed by atoms with E-state index >= 15 is 0 Å². The van der Waals surface area contributed by atoms with E-state index in [1.54, 1.807) is 41.4 Å². The Labute approximate surface area is 162 Å². The van der Waals surface area contributed by atoms with Gasteiger partial charge in [-0.1, -0.05) is 24.3 Å². The van der Waals surface area contributed by atoms with Crippen molar-refractivity contribution >= 4 is 28.9 Å². The Morgan fingerprint density at radius 3 is 2.71 bits per heavy atom. The van der Waals surface area contributed by atoms with E-state index in [1.165, 1.54) is 12.7 Å². The lowest BCUT2D eigenvalue weighted by atomic mass is 10.2. The highest BCUT2D eigenvalue weighted by Gasteiger charge is 2.26. The first-order valence-electron chi connectivity index (χ1n) is 8.97. The van der Waals surface area contributed by atoms with E-state index in [9.17, 15) is 9.59 Å². The van der Waals surface area contributed by atoms with Gasteiger partial charge in [0.2, 0.25) is 0 Å². The molecule has 1 aromatic heterocycles. The number of amides is 1. The Kier molecular flexibility index (Phi) is 4.76. The predicted molar refractivity (Wildman–Crippen MR) is 107 cm³/mol. The highest BCUT2D eigenvalue weighted by molar-refractivity contribution is 6.06. The van der Waals surface area contributed by atoms with Crippen LogP contribution in [0.25, 0.3) is 0 Å². The maximum Gasteiger partial charge on any atom is 0.337 e. The van der Waals surface area contributed by atoms with Crippen LogP contribution in [0.3, 0.4) is 0 Å². The molecule has 1 aliphatic rings. The Balaban J connectivity index is 1.56. The molecule has 0 bridgehead atoms. The molecular weight excluding hydrogens is 354 g/mol. The molecule has 3 aromatic rings. The number of carbonyl (C=O) groups excluding carboxylic acids is 2. The lowest BCUT2D eigenvalue weighted by Gasteiger charge is -2.17. The molecule has 0 aliphatic carbocycles. The van der Waals surface area contributed by atoms with E-state index in [-0.39, 0.29) is 5.91 Å². The number of hydrogen-bond donors (Lipinski definition) is 1. The summed E-state index contributed by atoms with van der Waals surface area (Å²) in [5.74, 6) is -0.529. The predicted octanol–water partition coefficient (Wildman–Crippen LogP) is 3.81. The molecule has 0 fully saturated rings. The minimum Gasteiger partial charge on any atom is -0.465 e. The second kappa shape index (κ2) is 7.52. The summed E-state index contributed by atoms with van der Waals surface area (Å²) in [5, 5.41) is 3.21. The van der Waals surface area contributed by atoms with Crippen LogP contribution in [0, 0.1) is 0 Å². The van der Waals surface area contributed by atoms with Gasteiger partial charge in [-0.15, -0.1) is 0 Å². The molecule has 6 nitrogen and oxygen atoms in total. The van der Waals surface area contributed by atoms with Crippen molar-refractivity contribution in [1.82, 2.24) is 4.98 Å². The summed E-state index contributed by atoms with van der Waals surface area (Å²) in [6, 6.07) is 18.4. The number of aromatic nitrogens is 1. The molecule has 140 valence electrons. The second-order valence-corrected chi connectivity index (χ2v) is 6.46. The first kappa shape index (κ1) is 17.7. The number of methoxy groups -OCH3 is 1. The lowest BCUT2D eigenvalue weighted by molar-refractivity contribution is 0.0600. The molecule has 0 saturated heterocycles. The fraction of sp³-hybridized carbons (Fsp3) is 0.136. The molecule has 0 atom stereocenters. The molecule has 1 N–H and O–H groups in total. The van der Waals surface area contributed by atoms with Gasteiger partial charge in [0.05, 0.1) is 12.7 Å². The number of pyridine rings is 1. The van der Waals surface area contributed by atoms with Crippen LogP contribution in [0.1, 0.15) is 26.4 Å². The van der Waals surface area contributed by atoms with Gasteiger partial charge in [-0.3, -0.25) is 9.78 Å². The molecule has 2 heterocycles. The fourth-order valence-corrected chi connectivity index (χ4v) is 3.32. The van der Waals surface area contributed by atoms with Crippen LogP contribution in [0.15, 0.2) is 66.9 Å². The third-order valence-electron chi connectivity index (χ3n) is 4.68. The Morgan fingerprint density at radius 1 is 1.04 bits per heavy atom. The Hall–Kier alpha value is -3.67. The average Bonchev–Trinajstić information content (AvgIpc) is 3.17. The van der Waals surface area contributed by atoms with Gasteiger partial charge in [-0.05, 0) is 48.4 Å². The molecule has 1 aliphatic heterocycles. The van der Waals surface area contributed by atoms with Crippen molar-refractivity contribution in [2.24, 2.45) is 0 Å². The molecule has 4 rings (SSSR count). The van der Waals surface area contributed by atoms with Crippen LogP contribution in [-0.4, -0.2) is 30.5 Å². The van der Waals surface area contributed by atoms with E-state index in [2.05, 4.69) is 10.3 Å². The summed E-state index contributed by atoms with van der Waals surface area (Å²) < 4.78 is 4.75. The van der Waals surface area contributed by atoms with Crippen LogP contribution in [0.2, 0.25) is 0 Å². The van der Waals surface area contributed by atoms with Crippen molar-refractivity contribution in [3.8, 4) is 0 Å². The largest absolute Gasteiger partial charge is 0.465 e. The summed E-state index contributed by atoms with van der Waals surface area (Å²) >= 11 is 0. The minimum atomic E-state index is -0.401. The van der Waals surface area contributed by atoms with Crippen LogP contribution in [0.5, 0.6) is 0 Å². The summed E-state index contributed by atoms with van der Waals surface area (Å²) in [5.41, 5.74) is 4.37. The minimum absolute atomic E-state index is 0.128. The normalized spacial score (nSPS) is 12.4. The molecule has 0 unspecified atom stereocenters. The first-order chi connectivity index (χ1) is 13.7. The van der Waals surface area contributed by atoms with Gasteiger partial charge < -0.3 is 15.0 Å². The maximum absolute atomic E-state index is 13.0.